The van der Waals surface area contributed by atoms with Gasteiger partial charge in [-0.2, -0.15) is 0 Å². The van der Waals surface area contributed by atoms with Crippen LogP contribution in [0.3, 0.4) is 0 Å². The maximum atomic E-state index is 12.4. The number of hydrogen-bond acceptors (Lipinski definition) is 5. The molecule has 4 rings (SSSR count). The SMILES string of the molecule is Cc1ccc(OCCCN2C(=O)COc3cc(NC(=O)COc4ccccc4Cl)ccc32)cc1. The number of fused-ring (bicyclic) bond motifs is 1. The molecule has 1 heterocycles. The monoisotopic (exact) mass is 480 g/mol. The van der Waals surface area contributed by atoms with Gasteiger partial charge in [-0.1, -0.05) is 41.4 Å². The van der Waals surface area contributed by atoms with E-state index in [1.54, 1.807) is 47.4 Å². The van der Waals surface area contributed by atoms with Gasteiger partial charge in [0, 0.05) is 18.3 Å². The van der Waals surface area contributed by atoms with Crippen LogP contribution in [-0.2, 0) is 9.59 Å². The van der Waals surface area contributed by atoms with E-state index in [-0.39, 0.29) is 25.0 Å². The van der Waals surface area contributed by atoms with Crippen LogP contribution in [0.1, 0.15) is 12.0 Å². The minimum atomic E-state index is -0.336. The second-order valence-electron chi connectivity index (χ2n) is 7.80. The van der Waals surface area contributed by atoms with Crippen LogP contribution in [-0.4, -0.2) is 38.2 Å². The fraction of sp³-hybridized carbons (Fsp3) is 0.231. The molecular formula is C26H25ClN2O5. The Kier molecular flexibility index (Phi) is 7.54. The molecule has 0 atom stereocenters. The quantitative estimate of drug-likeness (QED) is 0.442. The number of nitrogens with one attached hydrogen (secondary N) is 1. The van der Waals surface area contributed by atoms with Crippen molar-refractivity contribution in [3.05, 3.63) is 77.3 Å². The number of ether oxygens (including phenoxy) is 3. The van der Waals surface area contributed by atoms with Gasteiger partial charge >= 0.3 is 0 Å². The van der Waals surface area contributed by atoms with E-state index in [1.165, 1.54) is 5.56 Å². The first kappa shape index (κ1) is 23.4. The van der Waals surface area contributed by atoms with Crippen LogP contribution in [0.5, 0.6) is 17.2 Å². The molecule has 0 spiro atoms. The lowest BCUT2D eigenvalue weighted by molar-refractivity contribution is -0.121. The van der Waals surface area contributed by atoms with Crippen LogP contribution in [0.15, 0.2) is 66.7 Å². The third-order valence-electron chi connectivity index (χ3n) is 5.20. The van der Waals surface area contributed by atoms with Crippen LogP contribution < -0.4 is 24.4 Å². The average Bonchev–Trinajstić information content (AvgIpc) is 2.83. The lowest BCUT2D eigenvalue weighted by Crippen LogP contribution is -2.39. The molecule has 1 aliphatic heterocycles. The number of benzene rings is 3. The minimum Gasteiger partial charge on any atom is -0.494 e. The number of rotatable bonds is 9. The van der Waals surface area contributed by atoms with E-state index in [4.69, 9.17) is 25.8 Å². The molecule has 0 aromatic heterocycles. The summed E-state index contributed by atoms with van der Waals surface area (Å²) >= 11 is 6.04. The molecule has 0 unspecified atom stereocenters. The highest BCUT2D eigenvalue weighted by Crippen LogP contribution is 2.34. The third kappa shape index (κ3) is 5.99. The maximum Gasteiger partial charge on any atom is 0.265 e. The van der Waals surface area contributed by atoms with Crippen LogP contribution in [0.4, 0.5) is 11.4 Å². The summed E-state index contributed by atoms with van der Waals surface area (Å²) in [6.45, 7) is 2.77. The van der Waals surface area contributed by atoms with Crippen molar-refractivity contribution in [2.75, 3.05) is 36.6 Å². The zero-order valence-corrected chi connectivity index (χ0v) is 19.5. The highest BCUT2D eigenvalue weighted by Gasteiger charge is 2.25. The number of nitrogens with zero attached hydrogens (tertiary/aromatic N) is 1. The summed E-state index contributed by atoms with van der Waals surface area (Å²) in [7, 11) is 0. The summed E-state index contributed by atoms with van der Waals surface area (Å²) in [6.07, 6.45) is 0.664. The number of para-hydroxylation sites is 1. The number of halogens is 1. The number of anilines is 2. The molecule has 176 valence electrons. The highest BCUT2D eigenvalue weighted by molar-refractivity contribution is 6.32. The second-order valence-corrected chi connectivity index (χ2v) is 8.21. The molecule has 0 saturated carbocycles. The van der Waals surface area contributed by atoms with Gasteiger partial charge in [0.25, 0.3) is 11.8 Å². The van der Waals surface area contributed by atoms with Gasteiger partial charge < -0.3 is 24.4 Å². The Hall–Kier alpha value is -3.71. The molecule has 0 bridgehead atoms. The summed E-state index contributed by atoms with van der Waals surface area (Å²) in [5.41, 5.74) is 2.38. The van der Waals surface area contributed by atoms with Crippen molar-refractivity contribution < 1.29 is 23.8 Å². The van der Waals surface area contributed by atoms with Crippen molar-refractivity contribution in [3.8, 4) is 17.2 Å². The van der Waals surface area contributed by atoms with Gasteiger partial charge in [0.05, 0.1) is 17.3 Å². The van der Waals surface area contributed by atoms with Crippen LogP contribution in [0.2, 0.25) is 5.02 Å². The number of carbonyl (C=O) groups excluding carboxylic acids is 2. The molecule has 2 amide bonds. The van der Waals surface area contributed by atoms with Crippen molar-refractivity contribution in [2.45, 2.75) is 13.3 Å². The second kappa shape index (κ2) is 10.9. The topological polar surface area (TPSA) is 77.1 Å². The molecule has 3 aromatic rings. The van der Waals surface area contributed by atoms with Crippen molar-refractivity contribution in [1.29, 1.82) is 0 Å². The Morgan fingerprint density at radius 1 is 1.09 bits per heavy atom. The Bertz CT molecular complexity index is 1170. The van der Waals surface area contributed by atoms with Crippen LogP contribution >= 0.6 is 11.6 Å². The van der Waals surface area contributed by atoms with Gasteiger partial charge in [-0.05, 0) is 49.7 Å². The Morgan fingerprint density at radius 3 is 2.68 bits per heavy atom. The van der Waals surface area contributed by atoms with Gasteiger partial charge in [-0.25, -0.2) is 0 Å². The Labute approximate surface area is 203 Å². The molecule has 0 radical (unpaired) electrons. The van der Waals surface area contributed by atoms with E-state index in [0.717, 1.165) is 5.75 Å². The van der Waals surface area contributed by atoms with E-state index < -0.39 is 0 Å². The predicted molar refractivity (Wildman–Crippen MR) is 131 cm³/mol. The molecule has 0 fully saturated rings. The first-order valence-corrected chi connectivity index (χ1v) is 11.3. The molecule has 0 aliphatic carbocycles. The van der Waals surface area contributed by atoms with Crippen molar-refractivity contribution >= 4 is 34.8 Å². The lowest BCUT2D eigenvalue weighted by Gasteiger charge is -2.29. The summed E-state index contributed by atoms with van der Waals surface area (Å²) in [5, 5.41) is 3.21. The average molecular weight is 481 g/mol. The van der Waals surface area contributed by atoms with E-state index in [9.17, 15) is 9.59 Å². The Balaban J connectivity index is 1.31. The van der Waals surface area contributed by atoms with Crippen molar-refractivity contribution in [2.24, 2.45) is 0 Å². The largest absolute Gasteiger partial charge is 0.494 e. The van der Waals surface area contributed by atoms with Crippen LogP contribution in [0, 0.1) is 6.92 Å². The first-order valence-electron chi connectivity index (χ1n) is 10.9. The number of carbonyl (C=O) groups is 2. The normalized spacial score (nSPS) is 12.5. The summed E-state index contributed by atoms with van der Waals surface area (Å²) < 4.78 is 16.8. The predicted octanol–water partition coefficient (Wildman–Crippen LogP) is 4.86. The van der Waals surface area contributed by atoms with Gasteiger partial charge in [-0.15, -0.1) is 0 Å². The van der Waals surface area contributed by atoms with E-state index in [2.05, 4.69) is 5.32 Å². The van der Waals surface area contributed by atoms with E-state index in [0.29, 0.717) is 47.5 Å². The smallest absolute Gasteiger partial charge is 0.265 e. The lowest BCUT2D eigenvalue weighted by atomic mass is 10.2. The van der Waals surface area contributed by atoms with Gasteiger partial charge in [0.1, 0.15) is 17.2 Å². The van der Waals surface area contributed by atoms with Crippen LogP contribution in [0.25, 0.3) is 0 Å². The fourth-order valence-corrected chi connectivity index (χ4v) is 3.67. The van der Waals surface area contributed by atoms with Gasteiger partial charge in [-0.3, -0.25) is 9.59 Å². The maximum absolute atomic E-state index is 12.4. The van der Waals surface area contributed by atoms with Gasteiger partial charge in [0.15, 0.2) is 13.2 Å². The molecule has 1 N–H and O–H groups in total. The van der Waals surface area contributed by atoms with Crippen molar-refractivity contribution in [3.63, 3.8) is 0 Å². The molecule has 0 saturated heterocycles. The highest BCUT2D eigenvalue weighted by atomic mass is 35.5. The zero-order chi connectivity index (χ0) is 23.9. The molecule has 7 nitrogen and oxygen atoms in total. The number of aryl methyl sites for hydroxylation is 1. The van der Waals surface area contributed by atoms with E-state index in [1.807, 2.05) is 31.2 Å². The molecule has 8 heteroatoms. The molecule has 3 aromatic carbocycles. The summed E-state index contributed by atoms with van der Waals surface area (Å²) in [4.78, 5) is 26.4. The number of amides is 2. The first-order chi connectivity index (χ1) is 16.5. The third-order valence-corrected chi connectivity index (χ3v) is 5.51. The summed E-state index contributed by atoms with van der Waals surface area (Å²) in [5.74, 6) is 1.32. The fourth-order valence-electron chi connectivity index (χ4n) is 3.48. The summed E-state index contributed by atoms with van der Waals surface area (Å²) in [6, 6.07) is 20.0. The molecule has 34 heavy (non-hydrogen) atoms. The molecule has 1 aliphatic rings. The minimum absolute atomic E-state index is 0.0567. The van der Waals surface area contributed by atoms with E-state index >= 15 is 0 Å². The standard InChI is InChI=1S/C26H25ClN2O5/c1-18-7-10-20(11-8-18)32-14-4-13-29-22-12-9-19(15-24(22)34-17-26(29)31)28-25(30)16-33-23-6-3-2-5-21(23)27/h2-3,5-12,15H,4,13-14,16-17H2,1H3,(H,28,30). The zero-order valence-electron chi connectivity index (χ0n) is 18.8. The Morgan fingerprint density at radius 2 is 1.88 bits per heavy atom. The van der Waals surface area contributed by atoms with Gasteiger partial charge in [0.2, 0.25) is 0 Å². The molecular weight excluding hydrogens is 456 g/mol. The van der Waals surface area contributed by atoms with Crippen molar-refractivity contribution in [1.82, 2.24) is 0 Å². The number of hydrogen-bond donors (Lipinski definition) is 1.